The summed E-state index contributed by atoms with van der Waals surface area (Å²) >= 11 is 1.05. The van der Waals surface area contributed by atoms with Crippen LogP contribution in [0.1, 0.15) is 6.92 Å². The van der Waals surface area contributed by atoms with E-state index in [0.717, 1.165) is 11.8 Å². The van der Waals surface area contributed by atoms with Crippen molar-refractivity contribution in [2.45, 2.75) is 17.4 Å². The molecule has 1 aromatic carbocycles. The standard InChI is InChI=1S/C10H12FNO3S/c1-10(15,9(13)14)5-16-6-2-3-8(12)7(11)4-6/h2-4,15H,5,12H2,1H3,(H,13,14). The molecule has 0 aliphatic rings. The van der Waals surface area contributed by atoms with Gasteiger partial charge in [-0.1, -0.05) is 0 Å². The highest BCUT2D eigenvalue weighted by molar-refractivity contribution is 7.99. The molecule has 6 heteroatoms. The molecular formula is C10H12FNO3S. The van der Waals surface area contributed by atoms with Crippen molar-refractivity contribution in [3.05, 3.63) is 24.0 Å². The minimum atomic E-state index is -1.83. The van der Waals surface area contributed by atoms with Crippen LogP contribution in [-0.2, 0) is 4.79 Å². The molecule has 4 N–H and O–H groups in total. The summed E-state index contributed by atoms with van der Waals surface area (Å²) in [6.45, 7) is 1.19. The zero-order chi connectivity index (χ0) is 12.3. The number of carboxylic acid groups (broad SMARTS) is 1. The summed E-state index contributed by atoms with van der Waals surface area (Å²) in [6.07, 6.45) is 0. The van der Waals surface area contributed by atoms with Crippen molar-refractivity contribution in [3.8, 4) is 0 Å². The van der Waals surface area contributed by atoms with E-state index in [0.29, 0.717) is 4.90 Å². The number of anilines is 1. The Bertz CT molecular complexity index is 409. The highest BCUT2D eigenvalue weighted by Crippen LogP contribution is 2.25. The second-order valence-electron chi connectivity index (χ2n) is 3.55. The lowest BCUT2D eigenvalue weighted by molar-refractivity contribution is -0.154. The maximum Gasteiger partial charge on any atom is 0.336 e. The second-order valence-corrected chi connectivity index (χ2v) is 4.60. The first-order valence-corrected chi connectivity index (χ1v) is 5.45. The van der Waals surface area contributed by atoms with Gasteiger partial charge in [0.25, 0.3) is 0 Å². The molecule has 0 saturated carbocycles. The van der Waals surface area contributed by atoms with E-state index in [2.05, 4.69) is 0 Å². The molecule has 16 heavy (non-hydrogen) atoms. The summed E-state index contributed by atoms with van der Waals surface area (Å²) in [5, 5.41) is 18.1. The van der Waals surface area contributed by atoms with Crippen LogP contribution in [0.3, 0.4) is 0 Å². The first kappa shape index (κ1) is 12.8. The third-order valence-electron chi connectivity index (χ3n) is 1.95. The number of halogens is 1. The van der Waals surface area contributed by atoms with Gasteiger partial charge in [-0.15, -0.1) is 11.8 Å². The van der Waals surface area contributed by atoms with Crippen LogP contribution in [-0.4, -0.2) is 27.5 Å². The van der Waals surface area contributed by atoms with Crippen LogP contribution in [0.15, 0.2) is 23.1 Å². The van der Waals surface area contributed by atoms with Crippen molar-refractivity contribution >= 4 is 23.4 Å². The highest BCUT2D eigenvalue weighted by Gasteiger charge is 2.29. The van der Waals surface area contributed by atoms with Crippen LogP contribution in [0, 0.1) is 5.82 Å². The van der Waals surface area contributed by atoms with Gasteiger partial charge in [0.15, 0.2) is 5.60 Å². The minimum Gasteiger partial charge on any atom is -0.479 e. The van der Waals surface area contributed by atoms with Crippen LogP contribution < -0.4 is 5.73 Å². The second kappa shape index (κ2) is 4.71. The van der Waals surface area contributed by atoms with E-state index < -0.39 is 17.4 Å². The first-order chi connectivity index (χ1) is 7.33. The summed E-state index contributed by atoms with van der Waals surface area (Å²) in [7, 11) is 0. The van der Waals surface area contributed by atoms with Gasteiger partial charge in [0.1, 0.15) is 5.82 Å². The third-order valence-corrected chi connectivity index (χ3v) is 3.25. The molecule has 88 valence electrons. The Balaban J connectivity index is 2.68. The van der Waals surface area contributed by atoms with Gasteiger partial charge in [0, 0.05) is 10.6 Å². The summed E-state index contributed by atoms with van der Waals surface area (Å²) < 4.78 is 13.0. The SMILES string of the molecule is CC(O)(CSc1ccc(N)c(F)c1)C(=O)O. The van der Waals surface area contributed by atoms with Gasteiger partial charge in [-0.05, 0) is 25.1 Å². The van der Waals surface area contributed by atoms with Gasteiger partial charge in [-0.3, -0.25) is 0 Å². The predicted octanol–water partition coefficient (Wildman–Crippen LogP) is 1.34. The zero-order valence-corrected chi connectivity index (χ0v) is 9.42. The molecule has 1 atom stereocenters. The van der Waals surface area contributed by atoms with Crippen LogP contribution >= 0.6 is 11.8 Å². The zero-order valence-electron chi connectivity index (χ0n) is 8.61. The summed E-state index contributed by atoms with van der Waals surface area (Å²) in [4.78, 5) is 11.1. The molecule has 0 radical (unpaired) electrons. The van der Waals surface area contributed by atoms with Crippen molar-refractivity contribution < 1.29 is 19.4 Å². The highest BCUT2D eigenvalue weighted by atomic mass is 32.2. The summed E-state index contributed by atoms with van der Waals surface area (Å²) in [5.41, 5.74) is 3.50. The Labute approximate surface area is 96.3 Å². The number of aliphatic carboxylic acids is 1. The Kier molecular flexibility index (Phi) is 3.77. The normalized spacial score (nSPS) is 14.4. The van der Waals surface area contributed by atoms with E-state index in [1.54, 1.807) is 6.07 Å². The maximum atomic E-state index is 13.0. The lowest BCUT2D eigenvalue weighted by Gasteiger charge is -2.16. The molecule has 1 rings (SSSR count). The molecule has 0 saturated heterocycles. The first-order valence-electron chi connectivity index (χ1n) is 4.46. The lowest BCUT2D eigenvalue weighted by Crippen LogP contribution is -2.37. The number of benzene rings is 1. The largest absolute Gasteiger partial charge is 0.479 e. The number of carbonyl (C=O) groups is 1. The van der Waals surface area contributed by atoms with Crippen LogP contribution in [0.25, 0.3) is 0 Å². The smallest absolute Gasteiger partial charge is 0.336 e. The molecule has 0 spiro atoms. The fourth-order valence-electron chi connectivity index (χ4n) is 0.883. The van der Waals surface area contributed by atoms with Gasteiger partial charge < -0.3 is 15.9 Å². The molecule has 0 amide bonds. The number of hydrogen-bond donors (Lipinski definition) is 3. The van der Waals surface area contributed by atoms with Gasteiger partial charge in [0.05, 0.1) is 5.69 Å². The van der Waals surface area contributed by atoms with Crippen LogP contribution in [0.4, 0.5) is 10.1 Å². The molecular weight excluding hydrogens is 233 g/mol. The quantitative estimate of drug-likeness (QED) is 0.550. The monoisotopic (exact) mass is 245 g/mol. The Hall–Kier alpha value is -1.27. The molecule has 0 aliphatic heterocycles. The molecule has 1 unspecified atom stereocenters. The van der Waals surface area contributed by atoms with Gasteiger partial charge in [-0.25, -0.2) is 9.18 Å². The van der Waals surface area contributed by atoms with Crippen LogP contribution in [0.2, 0.25) is 0 Å². The minimum absolute atomic E-state index is 0.0364. The molecule has 1 aromatic rings. The van der Waals surface area contributed by atoms with E-state index in [-0.39, 0.29) is 11.4 Å². The van der Waals surface area contributed by atoms with E-state index in [4.69, 9.17) is 10.8 Å². The van der Waals surface area contributed by atoms with Crippen molar-refractivity contribution in [2.75, 3.05) is 11.5 Å². The molecule has 0 aromatic heterocycles. The topological polar surface area (TPSA) is 83.5 Å². The third kappa shape index (κ3) is 3.11. The van der Waals surface area contributed by atoms with E-state index in [9.17, 15) is 14.3 Å². The van der Waals surface area contributed by atoms with Crippen molar-refractivity contribution in [3.63, 3.8) is 0 Å². The maximum absolute atomic E-state index is 13.0. The average molecular weight is 245 g/mol. The summed E-state index contributed by atoms with van der Waals surface area (Å²) in [6, 6.07) is 4.17. The van der Waals surface area contributed by atoms with Crippen molar-refractivity contribution in [1.82, 2.24) is 0 Å². The molecule has 0 aliphatic carbocycles. The van der Waals surface area contributed by atoms with E-state index in [1.165, 1.54) is 19.1 Å². The molecule has 4 nitrogen and oxygen atoms in total. The fraction of sp³-hybridized carbons (Fsp3) is 0.300. The fourth-order valence-corrected chi connectivity index (χ4v) is 1.81. The van der Waals surface area contributed by atoms with E-state index in [1.807, 2.05) is 0 Å². The Morgan fingerprint density at radius 1 is 1.62 bits per heavy atom. The number of aliphatic hydroxyl groups is 1. The van der Waals surface area contributed by atoms with Crippen LogP contribution in [0.5, 0.6) is 0 Å². The molecule has 0 heterocycles. The van der Waals surface area contributed by atoms with Crippen molar-refractivity contribution in [2.24, 2.45) is 0 Å². The van der Waals surface area contributed by atoms with Gasteiger partial charge in [-0.2, -0.15) is 0 Å². The predicted molar refractivity (Wildman–Crippen MR) is 59.8 cm³/mol. The number of thioether (sulfide) groups is 1. The van der Waals surface area contributed by atoms with Gasteiger partial charge in [0.2, 0.25) is 0 Å². The molecule has 0 bridgehead atoms. The summed E-state index contributed by atoms with van der Waals surface area (Å²) in [5.74, 6) is -1.93. The Morgan fingerprint density at radius 2 is 2.25 bits per heavy atom. The number of nitrogen functional groups attached to an aromatic ring is 1. The van der Waals surface area contributed by atoms with Gasteiger partial charge >= 0.3 is 5.97 Å². The number of hydrogen-bond acceptors (Lipinski definition) is 4. The number of rotatable bonds is 4. The average Bonchev–Trinajstić information content (AvgIpc) is 2.20. The molecule has 0 fully saturated rings. The number of carboxylic acids is 1. The Morgan fingerprint density at radius 3 is 2.75 bits per heavy atom. The number of nitrogens with two attached hydrogens (primary N) is 1. The lowest BCUT2D eigenvalue weighted by atomic mass is 10.1. The van der Waals surface area contributed by atoms with Crippen molar-refractivity contribution in [1.29, 1.82) is 0 Å². The van der Waals surface area contributed by atoms with E-state index >= 15 is 0 Å².